The van der Waals surface area contributed by atoms with E-state index in [0.29, 0.717) is 30.5 Å². The summed E-state index contributed by atoms with van der Waals surface area (Å²) in [4.78, 5) is 12.0. The lowest BCUT2D eigenvalue weighted by Gasteiger charge is -2.11. The highest BCUT2D eigenvalue weighted by atomic mass is 79.9. The number of aryl methyl sites for hydroxylation is 1. The molecule has 0 aliphatic rings. The Kier molecular flexibility index (Phi) is 8.81. The standard InChI is InChI=1S/C21H25BrN2O4/c1-4-16-12-17(22)8-10-18(16)28-14-21(25)24-23-13-15-7-9-19(26-5-2)20(11-15)27-6-3/h7-13H,4-6,14H2,1-3H3,(H,24,25)/b23-13+. The van der Waals surface area contributed by atoms with Gasteiger partial charge >= 0.3 is 0 Å². The van der Waals surface area contributed by atoms with Crippen molar-refractivity contribution < 1.29 is 19.0 Å². The van der Waals surface area contributed by atoms with Crippen molar-refractivity contribution in [3.63, 3.8) is 0 Å². The lowest BCUT2D eigenvalue weighted by atomic mass is 10.1. The average Bonchev–Trinajstić information content (AvgIpc) is 2.69. The molecule has 0 aliphatic carbocycles. The highest BCUT2D eigenvalue weighted by Crippen LogP contribution is 2.28. The van der Waals surface area contributed by atoms with Crippen LogP contribution in [0.25, 0.3) is 0 Å². The van der Waals surface area contributed by atoms with Crippen molar-refractivity contribution in [2.24, 2.45) is 5.10 Å². The van der Waals surface area contributed by atoms with Crippen molar-refractivity contribution in [2.75, 3.05) is 19.8 Å². The van der Waals surface area contributed by atoms with Crippen LogP contribution in [0.2, 0.25) is 0 Å². The van der Waals surface area contributed by atoms with Crippen molar-refractivity contribution >= 4 is 28.1 Å². The van der Waals surface area contributed by atoms with Crippen LogP contribution in [0.1, 0.15) is 31.9 Å². The molecule has 2 aromatic rings. The van der Waals surface area contributed by atoms with Crippen molar-refractivity contribution in [1.29, 1.82) is 0 Å². The molecular formula is C21H25BrN2O4. The summed E-state index contributed by atoms with van der Waals surface area (Å²) >= 11 is 3.43. The molecular weight excluding hydrogens is 424 g/mol. The van der Waals surface area contributed by atoms with Crippen LogP contribution in [-0.2, 0) is 11.2 Å². The number of halogens is 1. The Morgan fingerprint density at radius 1 is 1.00 bits per heavy atom. The zero-order valence-electron chi connectivity index (χ0n) is 16.3. The van der Waals surface area contributed by atoms with E-state index in [4.69, 9.17) is 14.2 Å². The van der Waals surface area contributed by atoms with E-state index in [2.05, 4.69) is 26.5 Å². The normalized spacial score (nSPS) is 10.7. The number of ether oxygens (including phenoxy) is 3. The molecule has 0 heterocycles. The number of hydrogen-bond donors (Lipinski definition) is 1. The first-order chi connectivity index (χ1) is 13.6. The largest absolute Gasteiger partial charge is 0.490 e. The van der Waals surface area contributed by atoms with Crippen molar-refractivity contribution in [3.8, 4) is 17.2 Å². The number of nitrogens with one attached hydrogen (secondary N) is 1. The van der Waals surface area contributed by atoms with Crippen LogP contribution in [0.5, 0.6) is 17.2 Å². The SMILES string of the molecule is CCOc1ccc(/C=N/NC(=O)COc2ccc(Br)cc2CC)cc1OCC. The molecule has 150 valence electrons. The molecule has 0 radical (unpaired) electrons. The van der Waals surface area contributed by atoms with Crippen LogP contribution in [-0.4, -0.2) is 31.9 Å². The first-order valence-corrected chi connectivity index (χ1v) is 9.99. The van der Waals surface area contributed by atoms with E-state index in [1.54, 1.807) is 6.21 Å². The van der Waals surface area contributed by atoms with Crippen LogP contribution in [0.4, 0.5) is 0 Å². The second-order valence-corrected chi connectivity index (χ2v) is 6.68. The number of hydrogen-bond acceptors (Lipinski definition) is 5. The number of hydrazone groups is 1. The predicted octanol–water partition coefficient (Wildman–Crippen LogP) is 4.34. The Morgan fingerprint density at radius 2 is 1.71 bits per heavy atom. The third-order valence-corrected chi connectivity index (χ3v) is 4.23. The topological polar surface area (TPSA) is 69.2 Å². The summed E-state index contributed by atoms with van der Waals surface area (Å²) in [5, 5.41) is 3.98. The van der Waals surface area contributed by atoms with Crippen molar-refractivity contribution in [2.45, 2.75) is 27.2 Å². The molecule has 0 aromatic heterocycles. The summed E-state index contributed by atoms with van der Waals surface area (Å²) in [7, 11) is 0. The van der Waals surface area contributed by atoms with Gasteiger partial charge in [-0.3, -0.25) is 4.79 Å². The fraction of sp³-hybridized carbons (Fsp3) is 0.333. The highest BCUT2D eigenvalue weighted by molar-refractivity contribution is 9.10. The maximum absolute atomic E-state index is 12.0. The zero-order valence-corrected chi connectivity index (χ0v) is 17.9. The zero-order chi connectivity index (χ0) is 20.4. The van der Waals surface area contributed by atoms with Gasteiger partial charge in [0.2, 0.25) is 0 Å². The lowest BCUT2D eigenvalue weighted by molar-refractivity contribution is -0.123. The minimum absolute atomic E-state index is 0.112. The lowest BCUT2D eigenvalue weighted by Crippen LogP contribution is -2.24. The molecule has 0 spiro atoms. The van der Waals surface area contributed by atoms with Gasteiger partial charge in [-0.1, -0.05) is 22.9 Å². The van der Waals surface area contributed by atoms with Gasteiger partial charge in [-0.05, 0) is 67.8 Å². The summed E-state index contributed by atoms with van der Waals surface area (Å²) in [6.45, 7) is 6.84. The monoisotopic (exact) mass is 448 g/mol. The number of carbonyl (C=O) groups is 1. The summed E-state index contributed by atoms with van der Waals surface area (Å²) in [5.41, 5.74) is 4.28. The van der Waals surface area contributed by atoms with Crippen LogP contribution >= 0.6 is 15.9 Å². The van der Waals surface area contributed by atoms with Gasteiger partial charge in [-0.25, -0.2) is 5.43 Å². The molecule has 0 unspecified atom stereocenters. The smallest absolute Gasteiger partial charge is 0.277 e. The Morgan fingerprint density at radius 3 is 2.43 bits per heavy atom. The molecule has 0 bridgehead atoms. The summed E-state index contributed by atoms with van der Waals surface area (Å²) < 4.78 is 17.7. The van der Waals surface area contributed by atoms with Gasteiger partial charge in [0.15, 0.2) is 18.1 Å². The van der Waals surface area contributed by atoms with E-state index in [9.17, 15) is 4.79 Å². The molecule has 0 atom stereocenters. The fourth-order valence-electron chi connectivity index (χ4n) is 2.47. The van der Waals surface area contributed by atoms with Gasteiger partial charge in [-0.2, -0.15) is 5.10 Å². The third-order valence-electron chi connectivity index (χ3n) is 3.73. The molecule has 0 saturated heterocycles. The second-order valence-electron chi connectivity index (χ2n) is 5.76. The number of nitrogens with zero attached hydrogens (tertiary/aromatic N) is 1. The number of carbonyl (C=O) groups excluding carboxylic acids is 1. The van der Waals surface area contributed by atoms with Gasteiger partial charge in [0.25, 0.3) is 5.91 Å². The van der Waals surface area contributed by atoms with E-state index in [0.717, 1.165) is 22.0 Å². The van der Waals surface area contributed by atoms with Crippen molar-refractivity contribution in [3.05, 3.63) is 52.0 Å². The molecule has 7 heteroatoms. The van der Waals surface area contributed by atoms with Gasteiger partial charge in [0.1, 0.15) is 5.75 Å². The van der Waals surface area contributed by atoms with Gasteiger partial charge in [0, 0.05) is 4.47 Å². The Bertz CT molecular complexity index is 824. The van der Waals surface area contributed by atoms with E-state index >= 15 is 0 Å². The second kappa shape index (κ2) is 11.3. The van der Waals surface area contributed by atoms with Gasteiger partial charge < -0.3 is 14.2 Å². The molecule has 2 aromatic carbocycles. The number of rotatable bonds is 10. The maximum Gasteiger partial charge on any atom is 0.277 e. The number of amides is 1. The molecule has 1 amide bonds. The Labute approximate surface area is 174 Å². The van der Waals surface area contributed by atoms with Gasteiger partial charge in [0.05, 0.1) is 19.4 Å². The molecule has 2 rings (SSSR count). The summed E-state index contributed by atoms with van der Waals surface area (Å²) in [5.74, 6) is 1.68. The molecule has 0 aliphatic heterocycles. The van der Waals surface area contributed by atoms with Crippen LogP contribution in [0.15, 0.2) is 46.0 Å². The molecule has 6 nitrogen and oxygen atoms in total. The highest BCUT2D eigenvalue weighted by Gasteiger charge is 2.07. The van der Waals surface area contributed by atoms with Gasteiger partial charge in [-0.15, -0.1) is 0 Å². The summed E-state index contributed by atoms with van der Waals surface area (Å²) in [6, 6.07) is 11.2. The summed E-state index contributed by atoms with van der Waals surface area (Å²) in [6.07, 6.45) is 2.36. The average molecular weight is 449 g/mol. The Hall–Kier alpha value is -2.54. The third kappa shape index (κ3) is 6.56. The molecule has 0 saturated carbocycles. The fourth-order valence-corrected chi connectivity index (χ4v) is 2.88. The molecule has 1 N–H and O–H groups in total. The quantitative estimate of drug-likeness (QED) is 0.433. The van der Waals surface area contributed by atoms with E-state index in [1.165, 1.54) is 0 Å². The molecule has 28 heavy (non-hydrogen) atoms. The van der Waals surface area contributed by atoms with Crippen LogP contribution in [0.3, 0.4) is 0 Å². The maximum atomic E-state index is 12.0. The first kappa shape index (κ1) is 21.8. The van der Waals surface area contributed by atoms with Crippen LogP contribution in [0, 0.1) is 0 Å². The first-order valence-electron chi connectivity index (χ1n) is 9.20. The minimum atomic E-state index is -0.336. The number of benzene rings is 2. The van der Waals surface area contributed by atoms with E-state index in [-0.39, 0.29) is 12.5 Å². The van der Waals surface area contributed by atoms with E-state index in [1.807, 2.05) is 57.2 Å². The minimum Gasteiger partial charge on any atom is -0.490 e. The Balaban J connectivity index is 1.91. The van der Waals surface area contributed by atoms with Crippen LogP contribution < -0.4 is 19.6 Å². The molecule has 0 fully saturated rings. The predicted molar refractivity (Wildman–Crippen MR) is 114 cm³/mol. The van der Waals surface area contributed by atoms with E-state index < -0.39 is 0 Å². The van der Waals surface area contributed by atoms with Crippen molar-refractivity contribution in [1.82, 2.24) is 5.43 Å².